The van der Waals surface area contributed by atoms with Gasteiger partial charge in [0.25, 0.3) is 0 Å². The number of guanidine groups is 1. The quantitative estimate of drug-likeness (QED) is 0.162. The maximum absolute atomic E-state index is 5.59. The Morgan fingerprint density at radius 1 is 1.00 bits per heavy atom. The average Bonchev–Trinajstić information content (AvgIpc) is 2.72. The van der Waals surface area contributed by atoms with Crippen LogP contribution in [-0.4, -0.2) is 32.8 Å². The predicted octanol–water partition coefficient (Wildman–Crippen LogP) is 3.91. The Labute approximate surface area is 184 Å². The van der Waals surface area contributed by atoms with Crippen molar-refractivity contribution in [1.29, 1.82) is 0 Å². The third kappa shape index (κ3) is 9.91. The van der Waals surface area contributed by atoms with Crippen molar-refractivity contribution in [2.45, 2.75) is 26.5 Å². The number of rotatable bonds is 11. The molecule has 2 N–H and O–H groups in total. The van der Waals surface area contributed by atoms with Gasteiger partial charge < -0.3 is 14.8 Å². The number of methoxy groups -OCH3 is 1. The van der Waals surface area contributed by atoms with Crippen LogP contribution in [0.25, 0.3) is 0 Å². The third-order valence-electron chi connectivity index (χ3n) is 3.79. The van der Waals surface area contributed by atoms with Gasteiger partial charge in [-0.2, -0.15) is 0 Å². The van der Waals surface area contributed by atoms with Gasteiger partial charge in [0.15, 0.2) is 0 Å². The van der Waals surface area contributed by atoms with Gasteiger partial charge in [0.05, 0.1) is 20.3 Å². The van der Waals surface area contributed by atoms with Gasteiger partial charge in [0.2, 0.25) is 5.96 Å². The Balaban J connectivity index is 0.00000392. The summed E-state index contributed by atoms with van der Waals surface area (Å²) in [5, 5.41) is 3.27. The lowest BCUT2D eigenvalue weighted by Crippen LogP contribution is -2.38. The van der Waals surface area contributed by atoms with Crippen molar-refractivity contribution in [3.8, 4) is 5.75 Å². The fourth-order valence-electron chi connectivity index (χ4n) is 2.31. The van der Waals surface area contributed by atoms with E-state index >= 15 is 0 Å². The maximum Gasteiger partial charge on any atom is 0.216 e. The molecule has 2 aromatic rings. The molecule has 154 valence electrons. The Bertz CT molecular complexity index is 666. The fraction of sp³-hybridized carbons (Fsp3) is 0.381. The van der Waals surface area contributed by atoms with E-state index in [1.165, 1.54) is 0 Å². The molecule has 0 radical (unpaired) electrons. The number of nitrogens with zero attached hydrogens (tertiary/aromatic N) is 1. The minimum atomic E-state index is 0. The standard InChI is InChI=1S/C21H29N3O3.HI/c1-3-26-15-7-14-22-21(24-27-17-19-8-5-4-6-9-19)23-16-18-10-12-20(25-2)13-11-18;/h4-6,8-13H,3,7,14-17H2,1-2H3,(H2,22,23,24);1H. The van der Waals surface area contributed by atoms with E-state index in [4.69, 9.17) is 14.3 Å². The molecule has 0 saturated carbocycles. The molecule has 0 bridgehead atoms. The predicted molar refractivity (Wildman–Crippen MR) is 123 cm³/mol. The molecule has 2 aromatic carbocycles. The van der Waals surface area contributed by atoms with Gasteiger partial charge in [0, 0.05) is 19.8 Å². The Morgan fingerprint density at radius 2 is 1.75 bits per heavy atom. The highest BCUT2D eigenvalue weighted by atomic mass is 127. The second-order valence-electron chi connectivity index (χ2n) is 5.87. The van der Waals surface area contributed by atoms with Crippen LogP contribution in [0.4, 0.5) is 0 Å². The van der Waals surface area contributed by atoms with Crippen molar-refractivity contribution in [3.05, 3.63) is 65.7 Å². The van der Waals surface area contributed by atoms with E-state index in [9.17, 15) is 0 Å². The Kier molecular flexibility index (Phi) is 13.1. The second kappa shape index (κ2) is 15.1. The first kappa shape index (κ1) is 24.2. The normalized spacial score (nSPS) is 10.9. The largest absolute Gasteiger partial charge is 0.497 e. The summed E-state index contributed by atoms with van der Waals surface area (Å²) in [4.78, 5) is 10.2. The minimum absolute atomic E-state index is 0. The number of ether oxygens (including phenoxy) is 2. The van der Waals surface area contributed by atoms with Crippen LogP contribution in [0.3, 0.4) is 0 Å². The number of halogens is 1. The number of benzene rings is 2. The second-order valence-corrected chi connectivity index (χ2v) is 5.87. The Hall–Kier alpha value is -1.84. The van der Waals surface area contributed by atoms with E-state index < -0.39 is 0 Å². The van der Waals surface area contributed by atoms with Crippen LogP contribution in [0.15, 0.2) is 59.6 Å². The molecule has 0 saturated heterocycles. The topological polar surface area (TPSA) is 64.1 Å². The maximum atomic E-state index is 5.59. The third-order valence-corrected chi connectivity index (χ3v) is 3.79. The van der Waals surface area contributed by atoms with Crippen molar-refractivity contribution >= 4 is 29.9 Å². The summed E-state index contributed by atoms with van der Waals surface area (Å²) >= 11 is 0. The van der Waals surface area contributed by atoms with E-state index in [1.54, 1.807) is 7.11 Å². The molecule has 0 unspecified atom stereocenters. The number of nitrogens with one attached hydrogen (secondary N) is 2. The molecule has 0 fully saturated rings. The molecule has 0 atom stereocenters. The van der Waals surface area contributed by atoms with Crippen molar-refractivity contribution < 1.29 is 14.3 Å². The van der Waals surface area contributed by atoms with Gasteiger partial charge >= 0.3 is 0 Å². The van der Waals surface area contributed by atoms with Crippen LogP contribution in [0.1, 0.15) is 24.5 Å². The van der Waals surface area contributed by atoms with E-state index in [0.29, 0.717) is 19.1 Å². The fourth-order valence-corrected chi connectivity index (χ4v) is 2.31. The lowest BCUT2D eigenvalue weighted by Gasteiger charge is -2.13. The van der Waals surface area contributed by atoms with Gasteiger partial charge in [-0.25, -0.2) is 10.5 Å². The first-order valence-corrected chi connectivity index (χ1v) is 9.22. The summed E-state index contributed by atoms with van der Waals surface area (Å²) < 4.78 is 10.5. The SMILES string of the molecule is CCOCCCNC(=NCc1ccc(OC)cc1)NOCc1ccccc1.I. The smallest absolute Gasteiger partial charge is 0.216 e. The summed E-state index contributed by atoms with van der Waals surface area (Å²) in [7, 11) is 1.66. The molecule has 7 heteroatoms. The first-order chi connectivity index (χ1) is 13.3. The first-order valence-electron chi connectivity index (χ1n) is 9.22. The zero-order chi connectivity index (χ0) is 19.2. The molecule has 0 aliphatic rings. The molecule has 28 heavy (non-hydrogen) atoms. The molecular weight excluding hydrogens is 469 g/mol. The van der Waals surface area contributed by atoms with Crippen molar-refractivity contribution in [2.24, 2.45) is 4.99 Å². The highest BCUT2D eigenvalue weighted by molar-refractivity contribution is 14.0. The molecule has 0 aromatic heterocycles. The van der Waals surface area contributed by atoms with Crippen LogP contribution in [0, 0.1) is 0 Å². The van der Waals surface area contributed by atoms with Gasteiger partial charge in [0.1, 0.15) is 5.75 Å². The highest BCUT2D eigenvalue weighted by Gasteiger charge is 2.01. The van der Waals surface area contributed by atoms with E-state index in [2.05, 4.69) is 15.8 Å². The van der Waals surface area contributed by atoms with Crippen LogP contribution in [-0.2, 0) is 22.7 Å². The number of hydrogen-bond acceptors (Lipinski definition) is 4. The van der Waals surface area contributed by atoms with Crippen molar-refractivity contribution in [3.63, 3.8) is 0 Å². The molecule has 0 amide bonds. The van der Waals surface area contributed by atoms with Crippen LogP contribution in [0.5, 0.6) is 5.75 Å². The van der Waals surface area contributed by atoms with Gasteiger partial charge in [-0.1, -0.05) is 42.5 Å². The molecule has 6 nitrogen and oxygen atoms in total. The number of hydrogen-bond donors (Lipinski definition) is 2. The monoisotopic (exact) mass is 499 g/mol. The Morgan fingerprint density at radius 3 is 2.43 bits per heavy atom. The van der Waals surface area contributed by atoms with E-state index in [1.807, 2.05) is 61.5 Å². The van der Waals surface area contributed by atoms with E-state index in [-0.39, 0.29) is 24.0 Å². The van der Waals surface area contributed by atoms with Crippen LogP contribution >= 0.6 is 24.0 Å². The zero-order valence-electron chi connectivity index (χ0n) is 16.5. The molecule has 0 aliphatic heterocycles. The molecule has 0 heterocycles. The van der Waals surface area contributed by atoms with Gasteiger partial charge in [-0.05, 0) is 36.6 Å². The number of aliphatic imine (C=N–C) groups is 1. The van der Waals surface area contributed by atoms with Crippen molar-refractivity contribution in [1.82, 2.24) is 10.8 Å². The summed E-state index contributed by atoms with van der Waals surface area (Å²) in [6.45, 7) is 5.21. The highest BCUT2D eigenvalue weighted by Crippen LogP contribution is 2.11. The molecular formula is C21H30IN3O3. The molecule has 2 rings (SSSR count). The van der Waals surface area contributed by atoms with E-state index in [0.717, 1.165) is 43.1 Å². The summed E-state index contributed by atoms with van der Waals surface area (Å²) in [5.74, 6) is 1.44. The summed E-state index contributed by atoms with van der Waals surface area (Å²) in [5.41, 5.74) is 5.11. The lowest BCUT2D eigenvalue weighted by molar-refractivity contribution is 0.0683. The van der Waals surface area contributed by atoms with Crippen LogP contribution < -0.4 is 15.5 Å². The number of hydroxylamine groups is 1. The lowest BCUT2D eigenvalue weighted by atomic mass is 10.2. The van der Waals surface area contributed by atoms with Gasteiger partial charge in [-0.15, -0.1) is 24.0 Å². The molecule has 0 aliphatic carbocycles. The summed E-state index contributed by atoms with van der Waals surface area (Å²) in [6, 6.07) is 17.9. The molecule has 0 spiro atoms. The average molecular weight is 499 g/mol. The minimum Gasteiger partial charge on any atom is -0.497 e. The van der Waals surface area contributed by atoms with Crippen molar-refractivity contribution in [2.75, 3.05) is 26.9 Å². The van der Waals surface area contributed by atoms with Crippen LogP contribution in [0.2, 0.25) is 0 Å². The summed E-state index contributed by atoms with van der Waals surface area (Å²) in [6.07, 6.45) is 0.899. The van der Waals surface area contributed by atoms with Gasteiger partial charge in [-0.3, -0.25) is 4.84 Å². The zero-order valence-corrected chi connectivity index (χ0v) is 18.8.